The lowest BCUT2D eigenvalue weighted by atomic mass is 10.2. The Bertz CT molecular complexity index is 449. The Labute approximate surface area is 100 Å². The maximum absolute atomic E-state index is 11.6. The topological polar surface area (TPSA) is 69.6 Å². The van der Waals surface area contributed by atoms with Crippen molar-refractivity contribution in [2.45, 2.75) is 6.04 Å². The molecular weight excluding hydrogens is 276 g/mol. The highest BCUT2D eigenvalue weighted by molar-refractivity contribution is 9.10. The summed E-state index contributed by atoms with van der Waals surface area (Å²) in [5, 5.41) is 11.5. The molecule has 1 saturated heterocycles. The van der Waals surface area contributed by atoms with Crippen LogP contribution >= 0.6 is 15.9 Å². The van der Waals surface area contributed by atoms with Gasteiger partial charge in [-0.3, -0.25) is 4.90 Å². The molecule has 16 heavy (non-hydrogen) atoms. The van der Waals surface area contributed by atoms with E-state index < -0.39 is 12.0 Å². The summed E-state index contributed by atoms with van der Waals surface area (Å²) in [7, 11) is 0. The Kier molecular flexibility index (Phi) is 2.82. The minimum atomic E-state index is -1.02. The second-order valence-corrected chi connectivity index (χ2v) is 4.22. The number of carboxylic acids is 1. The first-order valence-corrected chi connectivity index (χ1v) is 5.45. The summed E-state index contributed by atoms with van der Waals surface area (Å²) in [4.78, 5) is 23.8. The molecule has 1 atom stereocenters. The van der Waals surface area contributed by atoms with E-state index in [1.807, 2.05) is 0 Å². The predicted octanol–water partition coefficient (Wildman–Crippen LogP) is 1.43. The summed E-state index contributed by atoms with van der Waals surface area (Å²) in [6.07, 6.45) is 0. The highest BCUT2D eigenvalue weighted by atomic mass is 79.9. The molecule has 0 radical (unpaired) electrons. The van der Waals surface area contributed by atoms with E-state index in [4.69, 9.17) is 5.11 Å². The highest BCUT2D eigenvalue weighted by Crippen LogP contribution is 2.29. The van der Waals surface area contributed by atoms with Gasteiger partial charge in [-0.2, -0.15) is 0 Å². The van der Waals surface area contributed by atoms with Crippen LogP contribution in [-0.2, 0) is 4.79 Å². The molecule has 0 bridgehead atoms. The van der Waals surface area contributed by atoms with Crippen LogP contribution in [0.25, 0.3) is 0 Å². The van der Waals surface area contributed by atoms with Crippen LogP contribution in [0.2, 0.25) is 0 Å². The lowest BCUT2D eigenvalue weighted by Gasteiger charge is -2.20. The fraction of sp³-hybridized carbons (Fsp3) is 0.200. The lowest BCUT2D eigenvalue weighted by Crippen LogP contribution is -2.39. The van der Waals surface area contributed by atoms with Crippen LogP contribution in [0.3, 0.4) is 0 Å². The Morgan fingerprint density at radius 1 is 1.50 bits per heavy atom. The number of anilines is 1. The number of nitrogens with zero attached hydrogens (tertiary/aromatic N) is 1. The first kappa shape index (κ1) is 10.9. The first-order valence-electron chi connectivity index (χ1n) is 4.65. The molecule has 0 aliphatic carbocycles. The smallest absolute Gasteiger partial charge is 0.328 e. The lowest BCUT2D eigenvalue weighted by molar-refractivity contribution is -0.137. The zero-order valence-corrected chi connectivity index (χ0v) is 9.77. The van der Waals surface area contributed by atoms with E-state index in [2.05, 4.69) is 21.2 Å². The molecule has 2 amide bonds. The number of carboxylic acid groups (broad SMARTS) is 1. The average molecular weight is 285 g/mol. The number of para-hydroxylation sites is 1. The van der Waals surface area contributed by atoms with Crippen molar-refractivity contribution >= 4 is 33.6 Å². The van der Waals surface area contributed by atoms with Gasteiger partial charge in [0.05, 0.1) is 12.2 Å². The van der Waals surface area contributed by atoms with Gasteiger partial charge in [-0.15, -0.1) is 0 Å². The molecule has 0 saturated carbocycles. The first-order chi connectivity index (χ1) is 7.61. The third-order valence-corrected chi connectivity index (χ3v) is 3.04. The molecule has 1 aliphatic rings. The van der Waals surface area contributed by atoms with E-state index >= 15 is 0 Å². The molecule has 2 rings (SSSR count). The zero-order valence-electron chi connectivity index (χ0n) is 8.18. The van der Waals surface area contributed by atoms with Crippen molar-refractivity contribution in [3.05, 3.63) is 28.7 Å². The fourth-order valence-corrected chi connectivity index (χ4v) is 2.10. The summed E-state index contributed by atoms with van der Waals surface area (Å²) in [5.41, 5.74) is 0.560. The monoisotopic (exact) mass is 284 g/mol. The second-order valence-electron chi connectivity index (χ2n) is 3.36. The number of carbonyl (C=O) groups is 2. The molecule has 84 valence electrons. The molecule has 1 heterocycles. The maximum atomic E-state index is 11.6. The number of benzene rings is 1. The molecule has 1 aromatic carbocycles. The standard InChI is InChI=1S/C10H9BrN2O3/c11-6-3-1-2-4-7(6)13-8(9(14)15)5-12-10(13)16/h1-4,8H,5H2,(H,12,16)(H,14,15). The van der Waals surface area contributed by atoms with Crippen LogP contribution in [0, 0.1) is 0 Å². The number of urea groups is 1. The average Bonchev–Trinajstić information content (AvgIpc) is 2.61. The van der Waals surface area contributed by atoms with Crippen molar-refractivity contribution in [2.75, 3.05) is 11.4 Å². The molecule has 0 spiro atoms. The minimum Gasteiger partial charge on any atom is -0.480 e. The quantitative estimate of drug-likeness (QED) is 0.863. The highest BCUT2D eigenvalue weighted by Gasteiger charge is 2.37. The van der Waals surface area contributed by atoms with Gasteiger partial charge in [-0.25, -0.2) is 9.59 Å². The van der Waals surface area contributed by atoms with Gasteiger partial charge >= 0.3 is 12.0 Å². The number of aliphatic carboxylic acids is 1. The molecule has 6 heteroatoms. The van der Waals surface area contributed by atoms with Crippen molar-refractivity contribution in [3.63, 3.8) is 0 Å². The number of halogens is 1. The van der Waals surface area contributed by atoms with E-state index in [1.54, 1.807) is 24.3 Å². The summed E-state index contributed by atoms with van der Waals surface area (Å²) in [5.74, 6) is -1.02. The van der Waals surface area contributed by atoms with Crippen molar-refractivity contribution in [2.24, 2.45) is 0 Å². The van der Waals surface area contributed by atoms with Crippen LogP contribution in [0.5, 0.6) is 0 Å². The Morgan fingerprint density at radius 2 is 2.19 bits per heavy atom. The van der Waals surface area contributed by atoms with E-state index in [0.717, 1.165) is 0 Å². The predicted molar refractivity (Wildman–Crippen MR) is 61.4 cm³/mol. The van der Waals surface area contributed by atoms with Crippen molar-refractivity contribution < 1.29 is 14.7 Å². The molecule has 0 aromatic heterocycles. The van der Waals surface area contributed by atoms with Crippen LogP contribution in [0.15, 0.2) is 28.7 Å². The molecule has 1 aliphatic heterocycles. The van der Waals surface area contributed by atoms with Gasteiger partial charge in [-0.1, -0.05) is 12.1 Å². The van der Waals surface area contributed by atoms with Crippen LogP contribution in [0.1, 0.15) is 0 Å². The van der Waals surface area contributed by atoms with Crippen LogP contribution in [0.4, 0.5) is 10.5 Å². The summed E-state index contributed by atoms with van der Waals surface area (Å²) >= 11 is 3.30. The van der Waals surface area contributed by atoms with Crippen LogP contribution < -0.4 is 10.2 Å². The van der Waals surface area contributed by atoms with Gasteiger partial charge in [0.1, 0.15) is 0 Å². The Morgan fingerprint density at radius 3 is 2.81 bits per heavy atom. The van der Waals surface area contributed by atoms with Gasteiger partial charge in [0.15, 0.2) is 6.04 Å². The minimum absolute atomic E-state index is 0.121. The number of hydrogen-bond acceptors (Lipinski definition) is 2. The molecule has 2 N–H and O–H groups in total. The largest absolute Gasteiger partial charge is 0.480 e. The molecular formula is C10H9BrN2O3. The van der Waals surface area contributed by atoms with Crippen LogP contribution in [-0.4, -0.2) is 29.7 Å². The van der Waals surface area contributed by atoms with E-state index in [9.17, 15) is 9.59 Å². The number of nitrogens with one attached hydrogen (secondary N) is 1. The Hall–Kier alpha value is -1.56. The van der Waals surface area contributed by atoms with E-state index in [0.29, 0.717) is 10.2 Å². The summed E-state index contributed by atoms with van der Waals surface area (Å²) < 4.78 is 0.693. The second kappa shape index (κ2) is 4.13. The van der Waals surface area contributed by atoms with Crippen molar-refractivity contribution in [3.8, 4) is 0 Å². The van der Waals surface area contributed by atoms with Crippen molar-refractivity contribution in [1.82, 2.24) is 5.32 Å². The third kappa shape index (κ3) is 1.76. The third-order valence-electron chi connectivity index (χ3n) is 2.37. The van der Waals surface area contributed by atoms with E-state index in [1.165, 1.54) is 4.90 Å². The number of amides is 2. The number of carbonyl (C=O) groups excluding carboxylic acids is 1. The fourth-order valence-electron chi connectivity index (χ4n) is 1.62. The van der Waals surface area contributed by atoms with Gasteiger partial charge in [0.2, 0.25) is 0 Å². The van der Waals surface area contributed by atoms with Crippen molar-refractivity contribution in [1.29, 1.82) is 0 Å². The maximum Gasteiger partial charge on any atom is 0.328 e. The number of rotatable bonds is 2. The normalized spacial score (nSPS) is 19.7. The zero-order chi connectivity index (χ0) is 11.7. The Balaban J connectivity index is 2.41. The SMILES string of the molecule is O=C(O)C1CNC(=O)N1c1ccccc1Br. The molecule has 1 fully saturated rings. The molecule has 1 unspecified atom stereocenters. The van der Waals surface area contributed by atoms with E-state index in [-0.39, 0.29) is 12.6 Å². The van der Waals surface area contributed by atoms with Gasteiger partial charge < -0.3 is 10.4 Å². The molecule has 5 nitrogen and oxygen atoms in total. The van der Waals surface area contributed by atoms with Gasteiger partial charge in [-0.05, 0) is 28.1 Å². The summed E-state index contributed by atoms with van der Waals surface area (Å²) in [6.45, 7) is 0.121. The van der Waals surface area contributed by atoms with Gasteiger partial charge in [0.25, 0.3) is 0 Å². The van der Waals surface area contributed by atoms with Gasteiger partial charge in [0, 0.05) is 4.47 Å². The molecule has 1 aromatic rings. The number of hydrogen-bond donors (Lipinski definition) is 2. The summed E-state index contributed by atoms with van der Waals surface area (Å²) in [6, 6.07) is 5.78.